The van der Waals surface area contributed by atoms with Crippen LogP contribution in [-0.2, 0) is 14.8 Å². The van der Waals surface area contributed by atoms with Gasteiger partial charge in [-0.2, -0.15) is 9.57 Å². The van der Waals surface area contributed by atoms with E-state index in [2.05, 4.69) is 10.5 Å². The standard InChI is InChI=1S/C25H23FN4O4S/c1-17-24(23(34-29-17)12-11-19-7-2-3-10-22(19)26)35(32,33)30-13-5-8-20(16-30)25(31)28-21-9-4-6-18(14-21)15-27/h2-4,6-7,9-12,14,20H,5,8,13,16H2,1H3,(H,28,31)/b12-11+/t20-/m1/s1. The van der Waals surface area contributed by atoms with Gasteiger partial charge in [-0.1, -0.05) is 29.4 Å². The van der Waals surface area contributed by atoms with Crippen molar-refractivity contribution in [2.24, 2.45) is 5.92 Å². The molecule has 0 spiro atoms. The largest absolute Gasteiger partial charge is 0.355 e. The molecule has 2 aromatic carbocycles. The van der Waals surface area contributed by atoms with Crippen LogP contribution in [0.3, 0.4) is 0 Å². The van der Waals surface area contributed by atoms with Crippen molar-refractivity contribution in [3.63, 3.8) is 0 Å². The minimum Gasteiger partial charge on any atom is -0.355 e. The fourth-order valence-electron chi connectivity index (χ4n) is 3.99. The molecule has 1 amide bonds. The zero-order valence-electron chi connectivity index (χ0n) is 18.9. The molecule has 0 unspecified atom stereocenters. The molecule has 8 nitrogen and oxygen atoms in total. The highest BCUT2D eigenvalue weighted by molar-refractivity contribution is 7.89. The minimum absolute atomic E-state index is 0.00675. The summed E-state index contributed by atoms with van der Waals surface area (Å²) in [7, 11) is -4.04. The third-order valence-electron chi connectivity index (χ3n) is 5.76. The number of nitrogens with zero attached hydrogens (tertiary/aromatic N) is 3. The summed E-state index contributed by atoms with van der Waals surface area (Å²) in [4.78, 5) is 12.8. The molecule has 0 saturated carbocycles. The highest BCUT2D eigenvalue weighted by Gasteiger charge is 2.37. The number of hydrogen-bond acceptors (Lipinski definition) is 6. The number of piperidine rings is 1. The maximum atomic E-state index is 14.0. The van der Waals surface area contributed by atoms with Gasteiger partial charge in [-0.05, 0) is 56.2 Å². The number of amides is 1. The molecule has 0 aliphatic carbocycles. The number of nitriles is 1. The molecule has 0 bridgehead atoms. The van der Waals surface area contributed by atoms with E-state index in [4.69, 9.17) is 9.78 Å². The molecule has 2 heterocycles. The second-order valence-corrected chi connectivity index (χ2v) is 10.1. The van der Waals surface area contributed by atoms with Crippen molar-refractivity contribution in [2.45, 2.75) is 24.7 Å². The molecular weight excluding hydrogens is 471 g/mol. The average Bonchev–Trinajstić information content (AvgIpc) is 3.24. The summed E-state index contributed by atoms with van der Waals surface area (Å²) in [6.45, 7) is 1.76. The summed E-state index contributed by atoms with van der Waals surface area (Å²) in [5, 5.41) is 15.6. The van der Waals surface area contributed by atoms with Gasteiger partial charge in [0.05, 0.1) is 17.6 Å². The van der Waals surface area contributed by atoms with Crippen LogP contribution in [0.25, 0.3) is 12.2 Å². The van der Waals surface area contributed by atoms with E-state index in [0.29, 0.717) is 24.1 Å². The van der Waals surface area contributed by atoms with Crippen molar-refractivity contribution >= 4 is 33.8 Å². The van der Waals surface area contributed by atoms with Crippen molar-refractivity contribution in [1.82, 2.24) is 9.46 Å². The van der Waals surface area contributed by atoms with Crippen molar-refractivity contribution < 1.29 is 22.1 Å². The molecule has 1 N–H and O–H groups in total. The molecule has 1 atom stereocenters. The maximum Gasteiger partial charge on any atom is 0.248 e. The molecular formula is C25H23FN4O4S. The number of aromatic nitrogens is 1. The Morgan fingerprint density at radius 1 is 1.26 bits per heavy atom. The average molecular weight is 495 g/mol. The van der Waals surface area contributed by atoms with Gasteiger partial charge in [0.2, 0.25) is 15.9 Å². The van der Waals surface area contributed by atoms with Crippen molar-refractivity contribution in [2.75, 3.05) is 18.4 Å². The Labute approximate surface area is 202 Å². The Morgan fingerprint density at radius 2 is 2.06 bits per heavy atom. The molecule has 1 saturated heterocycles. The van der Waals surface area contributed by atoms with Gasteiger partial charge in [0.1, 0.15) is 11.5 Å². The van der Waals surface area contributed by atoms with Gasteiger partial charge in [0.25, 0.3) is 0 Å². The number of anilines is 1. The molecule has 0 radical (unpaired) electrons. The van der Waals surface area contributed by atoms with Gasteiger partial charge in [-0.25, -0.2) is 12.8 Å². The predicted octanol–water partition coefficient (Wildman–Crippen LogP) is 4.20. The number of aryl methyl sites for hydroxylation is 1. The first-order valence-corrected chi connectivity index (χ1v) is 12.4. The Bertz CT molecular complexity index is 1430. The number of carbonyl (C=O) groups is 1. The van der Waals surface area contributed by atoms with Crippen LogP contribution in [0.15, 0.2) is 57.9 Å². The molecule has 4 rings (SSSR count). The number of hydrogen-bond donors (Lipinski definition) is 1. The predicted molar refractivity (Wildman–Crippen MR) is 128 cm³/mol. The van der Waals surface area contributed by atoms with Crippen molar-refractivity contribution in [1.29, 1.82) is 5.26 Å². The van der Waals surface area contributed by atoms with E-state index < -0.39 is 21.8 Å². The molecule has 3 aromatic rings. The topological polar surface area (TPSA) is 116 Å². The summed E-state index contributed by atoms with van der Waals surface area (Å²) in [5.74, 6) is -1.34. The van der Waals surface area contributed by atoms with Crippen LogP contribution in [-0.4, -0.2) is 36.9 Å². The Hall–Kier alpha value is -3.81. The van der Waals surface area contributed by atoms with Gasteiger partial charge in [0, 0.05) is 24.3 Å². The molecule has 180 valence electrons. The lowest BCUT2D eigenvalue weighted by atomic mass is 9.98. The van der Waals surface area contributed by atoms with Gasteiger partial charge < -0.3 is 9.84 Å². The number of sulfonamides is 1. The highest BCUT2D eigenvalue weighted by atomic mass is 32.2. The van der Waals surface area contributed by atoms with Crippen LogP contribution in [0.4, 0.5) is 10.1 Å². The smallest absolute Gasteiger partial charge is 0.248 e. The van der Waals surface area contributed by atoms with Crippen LogP contribution < -0.4 is 5.32 Å². The van der Waals surface area contributed by atoms with Crippen LogP contribution in [0.5, 0.6) is 0 Å². The summed E-state index contributed by atoms with van der Waals surface area (Å²) >= 11 is 0. The lowest BCUT2D eigenvalue weighted by molar-refractivity contribution is -0.120. The number of halogens is 1. The molecule has 10 heteroatoms. The van der Waals surface area contributed by atoms with Gasteiger partial charge in [-0.3, -0.25) is 4.79 Å². The normalized spacial score (nSPS) is 16.8. The Morgan fingerprint density at radius 3 is 2.83 bits per heavy atom. The van der Waals surface area contributed by atoms with Crippen LogP contribution in [0, 0.1) is 30.0 Å². The minimum atomic E-state index is -4.04. The molecule has 35 heavy (non-hydrogen) atoms. The molecule has 1 aliphatic heterocycles. The number of nitrogens with one attached hydrogen (secondary N) is 1. The lowest BCUT2D eigenvalue weighted by Crippen LogP contribution is -2.43. The first kappa shape index (κ1) is 24.3. The number of rotatable bonds is 6. The summed E-state index contributed by atoms with van der Waals surface area (Å²) in [6, 6.07) is 14.6. The third kappa shape index (κ3) is 5.31. The zero-order valence-corrected chi connectivity index (χ0v) is 19.8. The highest BCUT2D eigenvalue weighted by Crippen LogP contribution is 2.30. The van der Waals surface area contributed by atoms with Crippen LogP contribution in [0.2, 0.25) is 0 Å². The quantitative estimate of drug-likeness (QED) is 0.549. The van der Waals surface area contributed by atoms with E-state index in [0.717, 1.165) is 0 Å². The van der Waals surface area contributed by atoms with E-state index in [9.17, 15) is 17.6 Å². The zero-order chi connectivity index (χ0) is 25.0. The number of benzene rings is 2. The monoisotopic (exact) mass is 494 g/mol. The maximum absolute atomic E-state index is 14.0. The van der Waals surface area contributed by atoms with Gasteiger partial charge in [0.15, 0.2) is 10.7 Å². The first-order valence-electron chi connectivity index (χ1n) is 11.0. The summed E-state index contributed by atoms with van der Waals surface area (Å²) in [5.41, 5.74) is 1.34. The second kappa shape index (κ2) is 10.2. The fraction of sp³-hybridized carbons (Fsp3) is 0.240. The van der Waals surface area contributed by atoms with Crippen molar-refractivity contribution in [3.05, 3.63) is 76.9 Å². The Kier molecular flexibility index (Phi) is 7.10. The first-order chi connectivity index (χ1) is 16.8. The lowest BCUT2D eigenvalue weighted by Gasteiger charge is -2.31. The van der Waals surface area contributed by atoms with E-state index in [1.54, 1.807) is 42.5 Å². The van der Waals surface area contributed by atoms with Crippen molar-refractivity contribution in [3.8, 4) is 6.07 Å². The van der Waals surface area contributed by atoms with Gasteiger partial charge in [-0.15, -0.1) is 0 Å². The summed E-state index contributed by atoms with van der Waals surface area (Å²) < 4.78 is 47.5. The fourth-order valence-corrected chi connectivity index (χ4v) is 5.76. The molecule has 1 aromatic heterocycles. The number of carbonyl (C=O) groups excluding carboxylic acids is 1. The molecule has 1 fully saturated rings. The van der Waals surface area contributed by atoms with Gasteiger partial charge >= 0.3 is 0 Å². The van der Waals surface area contributed by atoms with E-state index in [1.165, 1.54) is 29.4 Å². The summed E-state index contributed by atoms with van der Waals surface area (Å²) in [6.07, 6.45) is 3.83. The SMILES string of the molecule is Cc1noc(/C=C/c2ccccc2F)c1S(=O)(=O)N1CCC[C@@H](C(=O)Nc2cccc(C#N)c2)C1. The van der Waals surface area contributed by atoms with Crippen LogP contribution in [0.1, 0.15) is 35.4 Å². The van der Waals surface area contributed by atoms with Crippen LogP contribution >= 0.6 is 0 Å². The molecule has 1 aliphatic rings. The van der Waals surface area contributed by atoms with E-state index in [-0.39, 0.29) is 40.9 Å². The third-order valence-corrected chi connectivity index (χ3v) is 7.79. The Balaban J connectivity index is 1.54. The van der Waals surface area contributed by atoms with E-state index >= 15 is 0 Å². The second-order valence-electron chi connectivity index (χ2n) is 8.20. The van der Waals surface area contributed by atoms with E-state index in [1.807, 2.05) is 6.07 Å².